The number of hydrogen-bond acceptors (Lipinski definition) is 3. The molecular formula is C22H17ClF4O3. The van der Waals surface area contributed by atoms with Crippen LogP contribution in [0.1, 0.15) is 11.1 Å². The highest BCUT2D eigenvalue weighted by Gasteiger charge is 2.55. The Morgan fingerprint density at radius 2 is 1.57 bits per heavy atom. The van der Waals surface area contributed by atoms with Gasteiger partial charge in [0.25, 0.3) is 0 Å². The van der Waals surface area contributed by atoms with Crippen molar-refractivity contribution in [1.82, 2.24) is 0 Å². The highest BCUT2D eigenvalue weighted by molar-refractivity contribution is 6.30. The van der Waals surface area contributed by atoms with Crippen molar-refractivity contribution in [2.75, 3.05) is 6.61 Å². The molecule has 3 rings (SSSR count). The van der Waals surface area contributed by atoms with Crippen LogP contribution >= 0.6 is 11.6 Å². The van der Waals surface area contributed by atoms with Gasteiger partial charge in [-0.15, -0.1) is 0 Å². The van der Waals surface area contributed by atoms with Gasteiger partial charge in [-0.05, 0) is 47.5 Å². The van der Waals surface area contributed by atoms with Gasteiger partial charge in [0.05, 0.1) is 13.2 Å². The summed E-state index contributed by atoms with van der Waals surface area (Å²) in [7, 11) is 0. The molecule has 1 unspecified atom stereocenters. The molecule has 0 aliphatic heterocycles. The zero-order chi connectivity index (χ0) is 21.8. The zero-order valence-corrected chi connectivity index (χ0v) is 16.3. The molecule has 0 amide bonds. The molecule has 0 bridgehead atoms. The van der Waals surface area contributed by atoms with Gasteiger partial charge in [0.15, 0.2) is 11.6 Å². The fourth-order valence-corrected chi connectivity index (χ4v) is 2.83. The molecule has 3 aromatic rings. The second-order valence-electron chi connectivity index (χ2n) is 6.54. The Bertz CT molecular complexity index is 978. The van der Waals surface area contributed by atoms with E-state index in [1.54, 1.807) is 30.3 Å². The lowest BCUT2D eigenvalue weighted by Crippen LogP contribution is -2.46. The van der Waals surface area contributed by atoms with Gasteiger partial charge in [-0.1, -0.05) is 48.0 Å². The molecule has 3 nitrogen and oxygen atoms in total. The van der Waals surface area contributed by atoms with Gasteiger partial charge < -0.3 is 14.6 Å². The quantitative estimate of drug-likeness (QED) is 0.442. The number of rotatable bonds is 7. The molecule has 0 saturated carbocycles. The minimum absolute atomic E-state index is 0.0916. The Balaban J connectivity index is 1.72. The summed E-state index contributed by atoms with van der Waals surface area (Å²) in [5.41, 5.74) is -3.24. The molecule has 0 fully saturated rings. The van der Waals surface area contributed by atoms with Crippen LogP contribution < -0.4 is 4.74 Å². The summed E-state index contributed by atoms with van der Waals surface area (Å²) in [6.07, 6.45) is -4.98. The van der Waals surface area contributed by atoms with Crippen LogP contribution in [-0.4, -0.2) is 17.9 Å². The van der Waals surface area contributed by atoms with Gasteiger partial charge in [-0.3, -0.25) is 0 Å². The molecule has 1 N–H and O–H groups in total. The molecule has 0 radical (unpaired) electrons. The van der Waals surface area contributed by atoms with E-state index in [9.17, 15) is 22.7 Å². The van der Waals surface area contributed by atoms with Crippen molar-refractivity contribution >= 4 is 11.6 Å². The predicted molar refractivity (Wildman–Crippen MR) is 104 cm³/mol. The number of ether oxygens (including phenoxy) is 2. The van der Waals surface area contributed by atoms with E-state index < -0.39 is 29.8 Å². The monoisotopic (exact) mass is 440 g/mol. The van der Waals surface area contributed by atoms with Crippen molar-refractivity contribution in [2.24, 2.45) is 0 Å². The first-order valence-corrected chi connectivity index (χ1v) is 9.21. The third-order valence-corrected chi connectivity index (χ3v) is 4.59. The highest BCUT2D eigenvalue weighted by Crippen LogP contribution is 2.39. The second kappa shape index (κ2) is 9.04. The number of hydrogen-bond donors (Lipinski definition) is 1. The van der Waals surface area contributed by atoms with Gasteiger partial charge in [-0.25, -0.2) is 4.39 Å². The van der Waals surface area contributed by atoms with E-state index in [0.717, 1.165) is 18.2 Å². The van der Waals surface area contributed by atoms with Crippen molar-refractivity contribution in [2.45, 2.75) is 18.4 Å². The summed E-state index contributed by atoms with van der Waals surface area (Å²) in [6, 6.07) is 17.0. The van der Waals surface area contributed by atoms with E-state index in [2.05, 4.69) is 0 Å². The standard InChI is InChI=1S/C22H17ClF4O3/c23-17-9-7-16(8-10-17)21(28,22(25,26)27)14-29-13-15-6-11-19(24)20(12-15)30-18-4-2-1-3-5-18/h1-12,28H,13-14H2. The highest BCUT2D eigenvalue weighted by atomic mass is 35.5. The van der Waals surface area contributed by atoms with Crippen LogP contribution in [0.15, 0.2) is 72.8 Å². The van der Waals surface area contributed by atoms with Crippen LogP contribution in [0.5, 0.6) is 11.5 Å². The minimum atomic E-state index is -4.98. The first-order chi connectivity index (χ1) is 14.2. The normalized spacial score (nSPS) is 13.7. The maximum absolute atomic E-state index is 14.0. The van der Waals surface area contributed by atoms with E-state index in [1.165, 1.54) is 24.3 Å². The fraction of sp³-hybridized carbons (Fsp3) is 0.182. The average Bonchev–Trinajstić information content (AvgIpc) is 2.70. The van der Waals surface area contributed by atoms with Gasteiger partial charge in [-0.2, -0.15) is 13.2 Å². The SMILES string of the molecule is OC(COCc1ccc(F)c(Oc2ccccc2)c1)(c1ccc(Cl)cc1)C(F)(F)F. The van der Waals surface area contributed by atoms with Crippen molar-refractivity contribution in [3.8, 4) is 11.5 Å². The Hall–Kier alpha value is -2.61. The largest absolute Gasteiger partial charge is 0.454 e. The molecule has 158 valence electrons. The van der Waals surface area contributed by atoms with Gasteiger partial charge in [0.1, 0.15) is 5.75 Å². The van der Waals surface area contributed by atoms with E-state index in [-0.39, 0.29) is 17.4 Å². The summed E-state index contributed by atoms with van der Waals surface area (Å²) in [4.78, 5) is 0. The molecule has 0 aliphatic rings. The summed E-state index contributed by atoms with van der Waals surface area (Å²) in [6.45, 7) is -1.35. The lowest BCUT2D eigenvalue weighted by molar-refractivity contribution is -0.283. The maximum atomic E-state index is 14.0. The molecule has 0 spiro atoms. The average molecular weight is 441 g/mol. The van der Waals surface area contributed by atoms with Crippen LogP contribution in [0.25, 0.3) is 0 Å². The summed E-state index contributed by atoms with van der Waals surface area (Å²) in [5.74, 6) is -0.315. The predicted octanol–water partition coefficient (Wildman–Crippen LogP) is 6.24. The third kappa shape index (κ3) is 5.11. The van der Waals surface area contributed by atoms with E-state index in [0.29, 0.717) is 11.3 Å². The Kier molecular flexibility index (Phi) is 6.65. The van der Waals surface area contributed by atoms with Crippen LogP contribution in [-0.2, 0) is 16.9 Å². The topological polar surface area (TPSA) is 38.7 Å². The summed E-state index contributed by atoms with van der Waals surface area (Å²) in [5, 5.41) is 10.5. The molecule has 0 heterocycles. The zero-order valence-electron chi connectivity index (χ0n) is 15.5. The molecule has 8 heteroatoms. The van der Waals surface area contributed by atoms with Gasteiger partial charge in [0, 0.05) is 5.02 Å². The van der Waals surface area contributed by atoms with Crippen LogP contribution in [0.2, 0.25) is 5.02 Å². The number of alkyl halides is 3. The minimum Gasteiger partial charge on any atom is -0.454 e. The third-order valence-electron chi connectivity index (χ3n) is 4.34. The van der Waals surface area contributed by atoms with E-state index in [4.69, 9.17) is 21.1 Å². The lowest BCUT2D eigenvalue weighted by atomic mass is 9.94. The van der Waals surface area contributed by atoms with Crippen LogP contribution in [0.3, 0.4) is 0 Å². The smallest absolute Gasteiger partial charge is 0.423 e. The Morgan fingerprint density at radius 1 is 0.900 bits per heavy atom. The fourth-order valence-electron chi connectivity index (χ4n) is 2.70. The molecule has 30 heavy (non-hydrogen) atoms. The number of aliphatic hydroxyl groups is 1. The molecule has 0 saturated heterocycles. The van der Waals surface area contributed by atoms with Gasteiger partial charge >= 0.3 is 6.18 Å². The van der Waals surface area contributed by atoms with Crippen molar-refractivity contribution in [3.63, 3.8) is 0 Å². The first-order valence-electron chi connectivity index (χ1n) is 8.83. The Morgan fingerprint density at radius 3 is 2.20 bits per heavy atom. The molecular weight excluding hydrogens is 424 g/mol. The number of benzene rings is 3. The summed E-state index contributed by atoms with van der Waals surface area (Å²) < 4.78 is 65.3. The first kappa shape index (κ1) is 22.1. The van der Waals surface area contributed by atoms with Crippen molar-refractivity contribution in [1.29, 1.82) is 0 Å². The van der Waals surface area contributed by atoms with Crippen LogP contribution in [0, 0.1) is 5.82 Å². The van der Waals surface area contributed by atoms with Gasteiger partial charge in [0.2, 0.25) is 5.60 Å². The van der Waals surface area contributed by atoms with E-state index in [1.807, 2.05) is 0 Å². The summed E-state index contributed by atoms with van der Waals surface area (Å²) >= 11 is 5.71. The Labute approximate surface area is 175 Å². The van der Waals surface area contributed by atoms with E-state index >= 15 is 0 Å². The lowest BCUT2D eigenvalue weighted by Gasteiger charge is -2.30. The molecule has 0 aromatic heterocycles. The maximum Gasteiger partial charge on any atom is 0.423 e. The molecule has 3 aromatic carbocycles. The number of para-hydroxylation sites is 1. The molecule has 1 atom stereocenters. The molecule has 0 aliphatic carbocycles. The second-order valence-corrected chi connectivity index (χ2v) is 6.97. The number of halogens is 5. The van der Waals surface area contributed by atoms with Crippen molar-refractivity contribution in [3.05, 3.63) is 94.8 Å². The van der Waals surface area contributed by atoms with Crippen molar-refractivity contribution < 1.29 is 32.1 Å². The van der Waals surface area contributed by atoms with Crippen LogP contribution in [0.4, 0.5) is 17.6 Å².